The molecular weight excluding hydrogens is 238 g/mol. The van der Waals surface area contributed by atoms with E-state index in [0.29, 0.717) is 4.90 Å². The van der Waals surface area contributed by atoms with E-state index >= 15 is 0 Å². The summed E-state index contributed by atoms with van der Waals surface area (Å²) in [5.74, 6) is 0. The van der Waals surface area contributed by atoms with Crippen molar-refractivity contribution in [1.29, 1.82) is 0 Å². The zero-order chi connectivity index (χ0) is 12.9. The van der Waals surface area contributed by atoms with Crippen LogP contribution in [0.15, 0.2) is 29.2 Å². The molecule has 0 aliphatic carbocycles. The smallest absolute Gasteiger partial charge is 0.242 e. The molecule has 0 atom stereocenters. The van der Waals surface area contributed by atoms with Crippen LogP contribution in [-0.2, 0) is 10.0 Å². The van der Waals surface area contributed by atoms with Gasteiger partial charge < -0.3 is 10.6 Å². The standard InChI is InChI=1S/C11H19N3O2S/c1-12-8-9-13-10-4-6-11(7-5-10)17(15,16)14(2)3/h4-7,12-13H,8-9H2,1-3H3. The lowest BCUT2D eigenvalue weighted by Gasteiger charge is -2.12. The van der Waals surface area contributed by atoms with E-state index in [4.69, 9.17) is 0 Å². The average Bonchev–Trinajstić information content (AvgIpc) is 2.30. The topological polar surface area (TPSA) is 61.4 Å². The van der Waals surface area contributed by atoms with Crippen molar-refractivity contribution in [2.45, 2.75) is 4.90 Å². The summed E-state index contributed by atoms with van der Waals surface area (Å²) in [5.41, 5.74) is 0.915. The van der Waals surface area contributed by atoms with Gasteiger partial charge in [-0.1, -0.05) is 0 Å². The number of likely N-dealkylation sites (N-methyl/N-ethyl adjacent to an activating group) is 1. The number of benzene rings is 1. The fraction of sp³-hybridized carbons (Fsp3) is 0.455. The molecule has 17 heavy (non-hydrogen) atoms. The molecule has 0 radical (unpaired) electrons. The van der Waals surface area contributed by atoms with Crippen LogP contribution in [0.5, 0.6) is 0 Å². The molecule has 0 saturated carbocycles. The highest BCUT2D eigenvalue weighted by Gasteiger charge is 2.16. The number of rotatable bonds is 6. The lowest BCUT2D eigenvalue weighted by molar-refractivity contribution is 0.521. The summed E-state index contributed by atoms with van der Waals surface area (Å²) in [6, 6.07) is 6.76. The normalized spacial score (nSPS) is 11.8. The van der Waals surface area contributed by atoms with Crippen molar-refractivity contribution in [2.24, 2.45) is 0 Å². The third kappa shape index (κ3) is 3.69. The summed E-state index contributed by atoms with van der Waals surface area (Å²) in [4.78, 5) is 0.307. The zero-order valence-corrected chi connectivity index (χ0v) is 11.2. The van der Waals surface area contributed by atoms with Crippen LogP contribution < -0.4 is 10.6 Å². The second-order valence-electron chi connectivity index (χ2n) is 3.84. The van der Waals surface area contributed by atoms with Crippen molar-refractivity contribution in [3.8, 4) is 0 Å². The first-order valence-corrected chi connectivity index (χ1v) is 6.83. The Morgan fingerprint density at radius 2 is 1.71 bits per heavy atom. The Hall–Kier alpha value is -1.11. The van der Waals surface area contributed by atoms with Crippen molar-refractivity contribution < 1.29 is 8.42 Å². The molecule has 0 saturated heterocycles. The summed E-state index contributed by atoms with van der Waals surface area (Å²) in [5, 5.41) is 6.21. The van der Waals surface area contributed by atoms with Gasteiger partial charge in [-0.3, -0.25) is 0 Å². The molecule has 96 valence electrons. The Bertz CT molecular complexity index is 440. The predicted molar refractivity (Wildman–Crippen MR) is 69.7 cm³/mol. The minimum absolute atomic E-state index is 0.307. The molecule has 2 N–H and O–H groups in total. The Morgan fingerprint density at radius 1 is 1.12 bits per heavy atom. The van der Waals surface area contributed by atoms with Gasteiger partial charge in [0.15, 0.2) is 0 Å². The molecular formula is C11H19N3O2S. The molecule has 1 aromatic rings. The van der Waals surface area contributed by atoms with Gasteiger partial charge in [0.05, 0.1) is 4.90 Å². The second kappa shape index (κ2) is 6.00. The summed E-state index contributed by atoms with van der Waals surface area (Å²) in [6.07, 6.45) is 0. The minimum atomic E-state index is -3.33. The summed E-state index contributed by atoms with van der Waals surface area (Å²) < 4.78 is 24.8. The molecule has 0 unspecified atom stereocenters. The van der Waals surface area contributed by atoms with Crippen molar-refractivity contribution in [2.75, 3.05) is 39.5 Å². The van der Waals surface area contributed by atoms with Gasteiger partial charge in [0.2, 0.25) is 10.0 Å². The van der Waals surface area contributed by atoms with E-state index in [0.717, 1.165) is 18.8 Å². The maximum absolute atomic E-state index is 11.8. The SMILES string of the molecule is CNCCNc1ccc(S(=O)(=O)N(C)C)cc1. The van der Waals surface area contributed by atoms with Crippen LogP contribution in [0.25, 0.3) is 0 Å². The largest absolute Gasteiger partial charge is 0.384 e. The molecule has 0 bridgehead atoms. The van der Waals surface area contributed by atoms with E-state index in [1.54, 1.807) is 24.3 Å². The van der Waals surface area contributed by atoms with E-state index in [2.05, 4.69) is 10.6 Å². The number of anilines is 1. The van der Waals surface area contributed by atoms with Gasteiger partial charge in [0.25, 0.3) is 0 Å². The van der Waals surface area contributed by atoms with Crippen molar-refractivity contribution in [1.82, 2.24) is 9.62 Å². The first-order chi connectivity index (χ1) is 7.98. The predicted octanol–water partition coefficient (Wildman–Crippen LogP) is 0.568. The summed E-state index contributed by atoms with van der Waals surface area (Å²) >= 11 is 0. The van der Waals surface area contributed by atoms with Crippen molar-refractivity contribution in [3.63, 3.8) is 0 Å². The van der Waals surface area contributed by atoms with Gasteiger partial charge >= 0.3 is 0 Å². The van der Waals surface area contributed by atoms with E-state index in [9.17, 15) is 8.42 Å². The first kappa shape index (κ1) is 14.0. The number of nitrogens with one attached hydrogen (secondary N) is 2. The molecule has 0 aromatic heterocycles. The molecule has 6 heteroatoms. The number of sulfonamides is 1. The van der Waals surface area contributed by atoms with Crippen LogP contribution in [0.1, 0.15) is 0 Å². The fourth-order valence-corrected chi connectivity index (χ4v) is 2.19. The van der Waals surface area contributed by atoms with Gasteiger partial charge in [-0.25, -0.2) is 12.7 Å². The van der Waals surface area contributed by atoms with Crippen LogP contribution in [-0.4, -0.2) is 47.0 Å². The molecule has 0 heterocycles. The Balaban J connectivity index is 2.75. The van der Waals surface area contributed by atoms with Crippen molar-refractivity contribution in [3.05, 3.63) is 24.3 Å². The van der Waals surface area contributed by atoms with Gasteiger partial charge in [0, 0.05) is 32.9 Å². The molecule has 1 rings (SSSR count). The lowest BCUT2D eigenvalue weighted by atomic mass is 10.3. The number of hydrogen-bond acceptors (Lipinski definition) is 4. The molecule has 0 aliphatic rings. The Morgan fingerprint density at radius 3 is 2.18 bits per heavy atom. The quantitative estimate of drug-likeness (QED) is 0.731. The summed E-state index contributed by atoms with van der Waals surface area (Å²) in [7, 11) is 1.60. The maximum atomic E-state index is 11.8. The second-order valence-corrected chi connectivity index (χ2v) is 5.99. The molecule has 0 fully saturated rings. The van der Waals surface area contributed by atoms with Crippen LogP contribution in [0, 0.1) is 0 Å². The number of nitrogens with zero attached hydrogens (tertiary/aromatic N) is 1. The minimum Gasteiger partial charge on any atom is -0.384 e. The summed E-state index contributed by atoms with van der Waals surface area (Å²) in [6.45, 7) is 1.66. The van der Waals surface area contributed by atoms with E-state index in [1.807, 2.05) is 7.05 Å². The average molecular weight is 257 g/mol. The fourth-order valence-electron chi connectivity index (χ4n) is 1.29. The van der Waals surface area contributed by atoms with Crippen LogP contribution in [0.3, 0.4) is 0 Å². The third-order valence-corrected chi connectivity index (χ3v) is 4.17. The van der Waals surface area contributed by atoms with Crippen LogP contribution in [0.2, 0.25) is 0 Å². The number of hydrogen-bond donors (Lipinski definition) is 2. The van der Waals surface area contributed by atoms with Crippen LogP contribution in [0.4, 0.5) is 5.69 Å². The third-order valence-electron chi connectivity index (χ3n) is 2.34. The highest BCUT2D eigenvalue weighted by molar-refractivity contribution is 7.89. The van der Waals surface area contributed by atoms with Gasteiger partial charge in [-0.2, -0.15) is 0 Å². The van der Waals surface area contributed by atoms with Gasteiger partial charge in [0.1, 0.15) is 0 Å². The molecule has 0 amide bonds. The van der Waals surface area contributed by atoms with Crippen LogP contribution >= 0.6 is 0 Å². The van der Waals surface area contributed by atoms with E-state index < -0.39 is 10.0 Å². The van der Waals surface area contributed by atoms with Gasteiger partial charge in [-0.15, -0.1) is 0 Å². The molecule has 0 aliphatic heterocycles. The Labute approximate surface area is 103 Å². The van der Waals surface area contributed by atoms with Crippen molar-refractivity contribution >= 4 is 15.7 Å². The Kier molecular flexibility index (Phi) is 4.92. The monoisotopic (exact) mass is 257 g/mol. The van der Waals surface area contributed by atoms with E-state index in [-0.39, 0.29) is 0 Å². The lowest BCUT2D eigenvalue weighted by Crippen LogP contribution is -2.22. The highest BCUT2D eigenvalue weighted by atomic mass is 32.2. The van der Waals surface area contributed by atoms with E-state index in [1.165, 1.54) is 18.4 Å². The highest BCUT2D eigenvalue weighted by Crippen LogP contribution is 2.16. The first-order valence-electron chi connectivity index (χ1n) is 5.39. The molecule has 5 nitrogen and oxygen atoms in total. The molecule has 1 aromatic carbocycles. The maximum Gasteiger partial charge on any atom is 0.242 e. The molecule has 0 spiro atoms. The zero-order valence-electron chi connectivity index (χ0n) is 10.4. The van der Waals surface area contributed by atoms with Gasteiger partial charge in [-0.05, 0) is 31.3 Å².